The van der Waals surface area contributed by atoms with Crippen LogP contribution in [0, 0.1) is 0 Å². The van der Waals surface area contributed by atoms with Crippen molar-refractivity contribution in [3.05, 3.63) is 98.6 Å². The average Bonchev–Trinajstić information content (AvgIpc) is 3.64. The molecule has 0 unspecified atom stereocenters. The molecule has 3 aromatic heterocycles. The number of benzene rings is 2. The lowest BCUT2D eigenvalue weighted by atomic mass is 10.2. The molecule has 3 heterocycles. The zero-order valence-electron chi connectivity index (χ0n) is 18.0. The topological polar surface area (TPSA) is 85.8 Å². The normalized spacial score (nSPS) is 11.0. The van der Waals surface area contributed by atoms with Gasteiger partial charge in [0.1, 0.15) is 10.7 Å². The second kappa shape index (κ2) is 10.7. The second-order valence-electron chi connectivity index (χ2n) is 7.30. The molecule has 0 radical (unpaired) electrons. The van der Waals surface area contributed by atoms with Gasteiger partial charge in [-0.2, -0.15) is 0 Å². The Morgan fingerprint density at radius 3 is 2.69 bits per heavy atom. The van der Waals surface area contributed by atoms with Gasteiger partial charge in [0, 0.05) is 11.9 Å². The third-order valence-corrected chi connectivity index (χ3v) is 7.65. The fourth-order valence-corrected chi connectivity index (χ4v) is 5.30. The third-order valence-electron chi connectivity index (χ3n) is 4.94. The van der Waals surface area contributed by atoms with Crippen molar-refractivity contribution in [2.75, 3.05) is 0 Å². The van der Waals surface area contributed by atoms with E-state index in [1.54, 1.807) is 29.8 Å². The number of halogens is 2. The van der Waals surface area contributed by atoms with E-state index < -0.39 is 0 Å². The summed E-state index contributed by atoms with van der Waals surface area (Å²) in [4.78, 5) is 17.0. The van der Waals surface area contributed by atoms with Gasteiger partial charge in [0.05, 0.1) is 27.7 Å². The van der Waals surface area contributed by atoms with Crippen LogP contribution < -0.4 is 5.32 Å². The smallest absolute Gasteiger partial charge is 0.271 e. The number of furan rings is 1. The predicted molar refractivity (Wildman–Crippen MR) is 138 cm³/mol. The fraction of sp³-hybridized carbons (Fsp3) is 0.0833. The van der Waals surface area contributed by atoms with Crippen molar-refractivity contribution in [1.29, 1.82) is 0 Å². The maximum atomic E-state index is 12.5. The molecule has 176 valence electrons. The summed E-state index contributed by atoms with van der Waals surface area (Å²) < 4.78 is 7.40. The Bertz CT molecular complexity index is 1450. The number of nitrogens with zero attached hydrogens (tertiary/aromatic N) is 4. The van der Waals surface area contributed by atoms with Crippen molar-refractivity contribution in [2.45, 2.75) is 17.5 Å². The van der Waals surface area contributed by atoms with Crippen LogP contribution in [0.4, 0.5) is 0 Å². The predicted octanol–water partition coefficient (Wildman–Crippen LogP) is 6.51. The van der Waals surface area contributed by atoms with Gasteiger partial charge in [0.2, 0.25) is 5.82 Å². The second-order valence-corrected chi connectivity index (χ2v) is 10.0. The fourth-order valence-electron chi connectivity index (χ4n) is 3.26. The third kappa shape index (κ3) is 5.43. The van der Waals surface area contributed by atoms with Gasteiger partial charge >= 0.3 is 0 Å². The highest BCUT2D eigenvalue weighted by Gasteiger charge is 2.20. The van der Waals surface area contributed by atoms with Crippen LogP contribution in [0.5, 0.6) is 0 Å². The number of hydrogen-bond acceptors (Lipinski definition) is 7. The molecule has 2 aromatic carbocycles. The van der Waals surface area contributed by atoms with Crippen LogP contribution in [0.25, 0.3) is 17.3 Å². The first-order valence-corrected chi connectivity index (χ1v) is 13.0. The first-order chi connectivity index (χ1) is 17.1. The SMILES string of the molecule is O=C(NCc1ccccc1)c1csc(CSc2nnc(-c3ccco3)n2-c2ccc(Cl)c(Cl)c2)n1. The Balaban J connectivity index is 1.32. The molecular weight excluding hydrogens is 525 g/mol. The Morgan fingerprint density at radius 2 is 1.91 bits per heavy atom. The van der Waals surface area contributed by atoms with Crippen LogP contribution in [-0.2, 0) is 12.3 Å². The van der Waals surface area contributed by atoms with Gasteiger partial charge < -0.3 is 9.73 Å². The van der Waals surface area contributed by atoms with E-state index in [-0.39, 0.29) is 5.91 Å². The molecule has 1 N–H and O–H groups in total. The molecule has 0 atom stereocenters. The monoisotopic (exact) mass is 541 g/mol. The minimum atomic E-state index is -0.208. The molecule has 5 rings (SSSR count). The number of hydrogen-bond donors (Lipinski definition) is 1. The van der Waals surface area contributed by atoms with Crippen LogP contribution in [0.15, 0.2) is 81.9 Å². The number of thiazole rings is 1. The zero-order valence-corrected chi connectivity index (χ0v) is 21.2. The molecule has 0 bridgehead atoms. The molecule has 35 heavy (non-hydrogen) atoms. The molecule has 0 saturated carbocycles. The molecule has 0 aliphatic carbocycles. The number of thioether (sulfide) groups is 1. The van der Waals surface area contributed by atoms with Gasteiger partial charge in [-0.15, -0.1) is 21.5 Å². The highest BCUT2D eigenvalue weighted by molar-refractivity contribution is 7.98. The summed E-state index contributed by atoms with van der Waals surface area (Å²) in [6, 6.07) is 18.7. The van der Waals surface area contributed by atoms with Crippen molar-refractivity contribution in [3.63, 3.8) is 0 Å². The van der Waals surface area contributed by atoms with E-state index in [0.29, 0.717) is 44.8 Å². The summed E-state index contributed by atoms with van der Waals surface area (Å²) in [6.07, 6.45) is 1.58. The Morgan fingerprint density at radius 1 is 1.06 bits per heavy atom. The minimum Gasteiger partial charge on any atom is -0.461 e. The molecular formula is C24H17Cl2N5O2S2. The standard InChI is InChI=1S/C24H17Cl2N5O2S2/c25-17-9-8-16(11-18(17)26)31-22(20-7-4-10-33-20)29-30-24(31)35-14-21-28-19(13-34-21)23(32)27-12-15-5-2-1-3-6-15/h1-11,13H,12,14H2,(H,27,32). The van der Waals surface area contributed by atoms with Crippen LogP contribution in [0.2, 0.25) is 10.0 Å². The van der Waals surface area contributed by atoms with Gasteiger partial charge in [-0.1, -0.05) is 65.3 Å². The van der Waals surface area contributed by atoms with Gasteiger partial charge in [-0.05, 0) is 35.9 Å². The maximum Gasteiger partial charge on any atom is 0.271 e. The summed E-state index contributed by atoms with van der Waals surface area (Å²) in [6.45, 7) is 0.448. The summed E-state index contributed by atoms with van der Waals surface area (Å²) in [5, 5.41) is 15.6. The Kier molecular flexibility index (Phi) is 7.19. The minimum absolute atomic E-state index is 0.208. The van der Waals surface area contributed by atoms with E-state index >= 15 is 0 Å². The van der Waals surface area contributed by atoms with Crippen molar-refractivity contribution < 1.29 is 9.21 Å². The number of rotatable bonds is 8. The highest BCUT2D eigenvalue weighted by atomic mass is 35.5. The number of amides is 1. The van der Waals surface area contributed by atoms with Gasteiger partial charge in [0.25, 0.3) is 5.91 Å². The number of nitrogens with one attached hydrogen (secondary N) is 1. The maximum absolute atomic E-state index is 12.5. The number of carbonyl (C=O) groups is 1. The van der Waals surface area contributed by atoms with Crippen molar-refractivity contribution >= 4 is 52.2 Å². The molecule has 0 spiro atoms. The molecule has 7 nitrogen and oxygen atoms in total. The molecule has 11 heteroatoms. The van der Waals surface area contributed by atoms with Crippen molar-refractivity contribution in [3.8, 4) is 17.3 Å². The molecule has 0 fully saturated rings. The van der Waals surface area contributed by atoms with E-state index in [1.165, 1.54) is 23.1 Å². The van der Waals surface area contributed by atoms with Gasteiger partial charge in [-0.3, -0.25) is 9.36 Å². The van der Waals surface area contributed by atoms with Crippen molar-refractivity contribution in [1.82, 2.24) is 25.1 Å². The van der Waals surface area contributed by atoms with Crippen LogP contribution >= 0.6 is 46.3 Å². The van der Waals surface area contributed by atoms with Crippen LogP contribution in [-0.4, -0.2) is 25.7 Å². The Labute approximate surface area is 219 Å². The molecule has 0 saturated heterocycles. The molecule has 0 aliphatic heterocycles. The van der Waals surface area contributed by atoms with E-state index in [4.69, 9.17) is 27.6 Å². The lowest BCUT2D eigenvalue weighted by molar-refractivity contribution is 0.0946. The van der Waals surface area contributed by atoms with Crippen LogP contribution in [0.1, 0.15) is 21.1 Å². The lowest BCUT2D eigenvalue weighted by Gasteiger charge is -2.10. The van der Waals surface area contributed by atoms with E-state index in [1.807, 2.05) is 47.0 Å². The highest BCUT2D eigenvalue weighted by Crippen LogP contribution is 2.33. The first-order valence-electron chi connectivity index (χ1n) is 10.4. The molecule has 1 amide bonds. The average molecular weight is 542 g/mol. The molecule has 5 aromatic rings. The van der Waals surface area contributed by atoms with E-state index in [9.17, 15) is 4.79 Å². The summed E-state index contributed by atoms with van der Waals surface area (Å²) in [5.74, 6) is 1.41. The zero-order chi connectivity index (χ0) is 24.2. The summed E-state index contributed by atoms with van der Waals surface area (Å²) in [7, 11) is 0. The van der Waals surface area contributed by atoms with Gasteiger partial charge in [0.15, 0.2) is 10.9 Å². The van der Waals surface area contributed by atoms with Crippen molar-refractivity contribution in [2.24, 2.45) is 0 Å². The quantitative estimate of drug-likeness (QED) is 0.225. The van der Waals surface area contributed by atoms with Crippen LogP contribution in [0.3, 0.4) is 0 Å². The number of aromatic nitrogens is 4. The van der Waals surface area contributed by atoms with Gasteiger partial charge in [-0.25, -0.2) is 4.98 Å². The lowest BCUT2D eigenvalue weighted by Crippen LogP contribution is -2.23. The largest absolute Gasteiger partial charge is 0.461 e. The summed E-state index contributed by atoms with van der Waals surface area (Å²) >= 11 is 15.2. The summed E-state index contributed by atoms with van der Waals surface area (Å²) in [5.41, 5.74) is 2.17. The first kappa shape index (κ1) is 23.6. The number of carbonyl (C=O) groups excluding carboxylic acids is 1. The van der Waals surface area contributed by atoms with E-state index in [2.05, 4.69) is 20.5 Å². The molecule has 0 aliphatic rings. The Hall–Kier alpha value is -3.11. The van der Waals surface area contributed by atoms with E-state index in [0.717, 1.165) is 16.3 Å².